The van der Waals surface area contributed by atoms with Crippen molar-refractivity contribution >= 4 is 0 Å². The van der Waals surface area contributed by atoms with Crippen LogP contribution >= 0.6 is 0 Å². The molecule has 1 atom stereocenters. The number of methoxy groups -OCH3 is 1. The highest BCUT2D eigenvalue weighted by atomic mass is 16.5. The van der Waals surface area contributed by atoms with Crippen LogP contribution in [0, 0.1) is 11.3 Å². The van der Waals surface area contributed by atoms with Gasteiger partial charge >= 0.3 is 0 Å². The molecule has 1 heterocycles. The minimum absolute atomic E-state index is 0.278. The molecule has 0 spiro atoms. The molecule has 0 amide bonds. The van der Waals surface area contributed by atoms with Gasteiger partial charge in [0.05, 0.1) is 11.6 Å². The van der Waals surface area contributed by atoms with Gasteiger partial charge in [-0.05, 0) is 25.5 Å². The molecule has 1 unspecified atom stereocenters. The van der Waals surface area contributed by atoms with Crippen molar-refractivity contribution in [3.05, 3.63) is 22.9 Å². The number of hydrogen-bond donors (Lipinski definition) is 1. The van der Waals surface area contributed by atoms with Crippen molar-refractivity contribution in [1.29, 1.82) is 5.26 Å². The first-order valence-electron chi connectivity index (χ1n) is 3.77. The molecule has 0 saturated carbocycles. The molecule has 1 N–H and O–H groups in total. The van der Waals surface area contributed by atoms with E-state index >= 15 is 0 Å². The summed E-state index contributed by atoms with van der Waals surface area (Å²) < 4.78 is 5.10. The maximum absolute atomic E-state index is 8.79. The number of ether oxygens (including phenoxy) is 1. The van der Waals surface area contributed by atoms with Gasteiger partial charge in [-0.1, -0.05) is 0 Å². The van der Waals surface area contributed by atoms with E-state index in [1.54, 1.807) is 7.11 Å². The second kappa shape index (κ2) is 3.42. The quantitative estimate of drug-likeness (QED) is 0.635. The lowest BCUT2D eigenvalue weighted by Crippen LogP contribution is -2.33. The molecule has 0 saturated heterocycles. The summed E-state index contributed by atoms with van der Waals surface area (Å²) in [5.41, 5.74) is 2.65. The molecule has 12 heavy (non-hydrogen) atoms. The summed E-state index contributed by atoms with van der Waals surface area (Å²) in [6, 6.07) is 2.12. The largest absolute Gasteiger partial charge is 0.359 e. The Balaban J connectivity index is 3.01. The number of nitriles is 1. The van der Waals surface area contributed by atoms with E-state index in [1.807, 2.05) is 19.9 Å². The van der Waals surface area contributed by atoms with Crippen molar-refractivity contribution < 1.29 is 4.74 Å². The van der Waals surface area contributed by atoms with Crippen molar-refractivity contribution in [2.75, 3.05) is 7.11 Å². The molecular weight excluding hydrogens is 152 g/mol. The highest BCUT2D eigenvalue weighted by molar-refractivity contribution is 5.40. The number of nitrogens with one attached hydrogen (secondary N) is 1. The Hall–Kier alpha value is -1.27. The van der Waals surface area contributed by atoms with E-state index in [0.29, 0.717) is 5.57 Å². The van der Waals surface area contributed by atoms with Crippen LogP contribution in [-0.2, 0) is 4.74 Å². The van der Waals surface area contributed by atoms with Gasteiger partial charge in [-0.2, -0.15) is 5.26 Å². The monoisotopic (exact) mass is 164 g/mol. The SMILES string of the molecule is COC1NC(C)=CC(C)=C1C#N. The van der Waals surface area contributed by atoms with Gasteiger partial charge in [-0.15, -0.1) is 0 Å². The average molecular weight is 164 g/mol. The van der Waals surface area contributed by atoms with Crippen LogP contribution < -0.4 is 5.32 Å². The lowest BCUT2D eigenvalue weighted by atomic mass is 10.0. The number of dihydropyridines is 1. The first-order valence-corrected chi connectivity index (χ1v) is 3.77. The zero-order chi connectivity index (χ0) is 9.14. The zero-order valence-electron chi connectivity index (χ0n) is 7.51. The summed E-state index contributed by atoms with van der Waals surface area (Å²) in [6.45, 7) is 3.86. The van der Waals surface area contributed by atoms with Crippen molar-refractivity contribution in [3.8, 4) is 6.07 Å². The van der Waals surface area contributed by atoms with E-state index in [9.17, 15) is 0 Å². The second-order valence-corrected chi connectivity index (χ2v) is 2.80. The summed E-state index contributed by atoms with van der Waals surface area (Å²) in [5.74, 6) is 0. The van der Waals surface area contributed by atoms with E-state index in [2.05, 4.69) is 11.4 Å². The maximum atomic E-state index is 8.79. The zero-order valence-corrected chi connectivity index (χ0v) is 7.51. The fourth-order valence-corrected chi connectivity index (χ4v) is 1.25. The Morgan fingerprint density at radius 3 is 2.75 bits per heavy atom. The number of nitrogens with zero attached hydrogens (tertiary/aromatic N) is 1. The number of hydrogen-bond acceptors (Lipinski definition) is 3. The third-order valence-electron chi connectivity index (χ3n) is 1.83. The summed E-state index contributed by atoms with van der Waals surface area (Å²) in [7, 11) is 1.58. The van der Waals surface area contributed by atoms with Crippen LogP contribution in [-0.4, -0.2) is 13.3 Å². The molecule has 3 nitrogen and oxygen atoms in total. The molecule has 1 aliphatic heterocycles. The van der Waals surface area contributed by atoms with Crippen LogP contribution in [0.15, 0.2) is 22.9 Å². The predicted octanol–water partition coefficient (Wildman–Crippen LogP) is 1.31. The molecule has 1 aliphatic rings. The summed E-state index contributed by atoms with van der Waals surface area (Å²) in [6.07, 6.45) is 1.66. The van der Waals surface area contributed by atoms with E-state index in [4.69, 9.17) is 10.00 Å². The second-order valence-electron chi connectivity index (χ2n) is 2.80. The van der Waals surface area contributed by atoms with Gasteiger partial charge in [-0.25, -0.2) is 0 Å². The third-order valence-corrected chi connectivity index (χ3v) is 1.83. The average Bonchev–Trinajstić information content (AvgIpc) is 2.03. The summed E-state index contributed by atoms with van der Waals surface area (Å²) in [4.78, 5) is 0. The molecule has 0 bridgehead atoms. The first kappa shape index (κ1) is 8.82. The van der Waals surface area contributed by atoms with E-state index in [-0.39, 0.29) is 6.23 Å². The summed E-state index contributed by atoms with van der Waals surface area (Å²) >= 11 is 0. The third kappa shape index (κ3) is 1.49. The lowest BCUT2D eigenvalue weighted by Gasteiger charge is -2.23. The lowest BCUT2D eigenvalue weighted by molar-refractivity contribution is 0.113. The molecule has 0 aliphatic carbocycles. The summed E-state index contributed by atoms with van der Waals surface area (Å²) in [5, 5.41) is 11.8. The van der Waals surface area contributed by atoms with Crippen molar-refractivity contribution in [2.45, 2.75) is 20.1 Å². The Morgan fingerprint density at radius 2 is 2.25 bits per heavy atom. The Bertz CT molecular complexity index is 283. The van der Waals surface area contributed by atoms with Crippen LogP contribution in [0.25, 0.3) is 0 Å². The van der Waals surface area contributed by atoms with Gasteiger partial charge in [0.25, 0.3) is 0 Å². The van der Waals surface area contributed by atoms with Gasteiger partial charge in [0.15, 0.2) is 6.23 Å². The molecule has 0 aromatic heterocycles. The van der Waals surface area contributed by atoms with E-state index < -0.39 is 0 Å². The Kier molecular flexibility index (Phi) is 2.51. The molecule has 3 heteroatoms. The van der Waals surface area contributed by atoms with Gasteiger partial charge in [0.2, 0.25) is 0 Å². The molecule has 1 rings (SSSR count). The molecule has 64 valence electrons. The minimum Gasteiger partial charge on any atom is -0.359 e. The highest BCUT2D eigenvalue weighted by Crippen LogP contribution is 2.17. The van der Waals surface area contributed by atoms with Gasteiger partial charge < -0.3 is 10.1 Å². The van der Waals surface area contributed by atoms with Crippen LogP contribution in [0.5, 0.6) is 0 Å². The smallest absolute Gasteiger partial charge is 0.163 e. The van der Waals surface area contributed by atoms with E-state index in [1.165, 1.54) is 0 Å². The van der Waals surface area contributed by atoms with Gasteiger partial charge in [0.1, 0.15) is 0 Å². The molecular formula is C9H12N2O. The van der Waals surface area contributed by atoms with Crippen molar-refractivity contribution in [1.82, 2.24) is 5.32 Å². The Morgan fingerprint density at radius 1 is 1.58 bits per heavy atom. The Labute approximate surface area is 72.3 Å². The van der Waals surface area contributed by atoms with Crippen molar-refractivity contribution in [2.24, 2.45) is 0 Å². The van der Waals surface area contributed by atoms with Gasteiger partial charge in [0, 0.05) is 12.8 Å². The fraction of sp³-hybridized carbons (Fsp3) is 0.444. The van der Waals surface area contributed by atoms with Crippen LogP contribution in [0.3, 0.4) is 0 Å². The standard InChI is InChI=1S/C9H12N2O/c1-6-4-7(2)11-9(12-3)8(6)5-10/h4,9,11H,1-3H3. The van der Waals surface area contributed by atoms with Crippen molar-refractivity contribution in [3.63, 3.8) is 0 Å². The molecule has 0 aromatic carbocycles. The van der Waals surface area contributed by atoms with E-state index in [0.717, 1.165) is 11.3 Å². The highest BCUT2D eigenvalue weighted by Gasteiger charge is 2.18. The fourth-order valence-electron chi connectivity index (χ4n) is 1.25. The molecule has 0 radical (unpaired) electrons. The number of rotatable bonds is 1. The number of allylic oxidation sites excluding steroid dienone is 3. The van der Waals surface area contributed by atoms with Crippen LogP contribution in [0.4, 0.5) is 0 Å². The van der Waals surface area contributed by atoms with Crippen LogP contribution in [0.2, 0.25) is 0 Å². The molecule has 0 aromatic rings. The normalized spacial score (nSPS) is 22.8. The maximum Gasteiger partial charge on any atom is 0.163 e. The van der Waals surface area contributed by atoms with Crippen LogP contribution in [0.1, 0.15) is 13.8 Å². The first-order chi connectivity index (χ1) is 5.69. The topological polar surface area (TPSA) is 45.0 Å². The van der Waals surface area contributed by atoms with Gasteiger partial charge in [-0.3, -0.25) is 0 Å². The predicted molar refractivity (Wildman–Crippen MR) is 46.0 cm³/mol. The minimum atomic E-state index is -0.278. The molecule has 0 fully saturated rings.